The van der Waals surface area contributed by atoms with E-state index < -0.39 is 43.6 Å². The molecule has 2 aromatic carbocycles. The van der Waals surface area contributed by atoms with Gasteiger partial charge in [-0.15, -0.1) is 0 Å². The molecule has 6 atom stereocenters. The first-order chi connectivity index (χ1) is 13.5. The molecule has 0 spiro atoms. The second-order valence-corrected chi connectivity index (χ2v) is 7.52. The molecule has 0 radical (unpaired) electrons. The fraction of sp³-hybridized carbons (Fsp3) is 0.429. The van der Waals surface area contributed by atoms with Crippen LogP contribution >= 0.6 is 11.6 Å². The van der Waals surface area contributed by atoms with E-state index in [1.807, 2.05) is 43.3 Å². The quantitative estimate of drug-likeness (QED) is 0.813. The van der Waals surface area contributed by atoms with Crippen molar-refractivity contribution in [2.45, 2.75) is 43.9 Å². The highest BCUT2D eigenvalue weighted by Crippen LogP contribution is 2.39. The molecule has 6 nitrogen and oxygen atoms in total. The Morgan fingerprint density at radius 1 is 0.964 bits per heavy atom. The van der Waals surface area contributed by atoms with Gasteiger partial charge in [-0.1, -0.05) is 53.6 Å². The van der Waals surface area contributed by atoms with E-state index in [9.17, 15) is 10.2 Å². The summed E-state index contributed by atoms with van der Waals surface area (Å²) >= 11 is 5.95. The summed E-state index contributed by atoms with van der Waals surface area (Å²) < 4.78 is 24.0. The van der Waals surface area contributed by atoms with Crippen LogP contribution in [0.1, 0.15) is 29.3 Å². The highest BCUT2D eigenvalue weighted by atomic mass is 35.5. The fourth-order valence-electron chi connectivity index (χ4n) is 3.45. The Morgan fingerprint density at radius 3 is 2.29 bits per heavy atom. The van der Waals surface area contributed by atoms with E-state index >= 15 is 0 Å². The van der Waals surface area contributed by atoms with Gasteiger partial charge in [0.1, 0.15) is 24.4 Å². The van der Waals surface area contributed by atoms with Crippen LogP contribution in [0.2, 0.25) is 5.02 Å². The van der Waals surface area contributed by atoms with Crippen molar-refractivity contribution in [3.8, 4) is 0 Å². The normalized spacial score (nSPS) is 31.2. The molecule has 2 aliphatic rings. The van der Waals surface area contributed by atoms with Crippen molar-refractivity contribution in [1.29, 1.82) is 0 Å². The van der Waals surface area contributed by atoms with E-state index in [4.69, 9.17) is 30.5 Å². The maximum absolute atomic E-state index is 10.4. The number of ether oxygens (including phenoxy) is 4. The summed E-state index contributed by atoms with van der Waals surface area (Å²) in [6.07, 6.45) is -4.18. The van der Waals surface area contributed by atoms with Gasteiger partial charge in [0.05, 0.1) is 13.2 Å². The van der Waals surface area contributed by atoms with E-state index in [1.165, 1.54) is 0 Å². The summed E-state index contributed by atoms with van der Waals surface area (Å²) in [6, 6.07) is 14.9. The number of rotatable bonds is 4. The number of fused-ring (bicyclic) bond motifs is 1. The van der Waals surface area contributed by atoms with Gasteiger partial charge in [0.25, 0.3) is 0 Å². The monoisotopic (exact) mass is 406 g/mol. The second-order valence-electron chi connectivity index (χ2n) is 7.09. The summed E-state index contributed by atoms with van der Waals surface area (Å²) in [6.45, 7) is 1.84. The molecule has 2 heterocycles. The van der Waals surface area contributed by atoms with Crippen molar-refractivity contribution in [3.05, 3.63) is 70.2 Å². The largest absolute Gasteiger partial charge is 0.394 e. The molecule has 2 aromatic rings. The zero-order valence-corrected chi connectivity index (χ0v) is 16.2. The topological polar surface area (TPSA) is 77.4 Å². The molecule has 2 N–H and O–H groups in total. The highest BCUT2D eigenvalue weighted by Gasteiger charge is 2.48. The first kappa shape index (κ1) is 19.8. The Hall–Kier alpha value is -1.51. The number of aliphatic hydroxyl groups excluding tert-OH is 2. The molecule has 2 fully saturated rings. The van der Waals surface area contributed by atoms with Crippen molar-refractivity contribution in [3.63, 3.8) is 0 Å². The molecule has 0 amide bonds. The van der Waals surface area contributed by atoms with Crippen LogP contribution in [-0.2, 0) is 18.9 Å². The van der Waals surface area contributed by atoms with Crippen molar-refractivity contribution >= 4 is 11.6 Å². The minimum Gasteiger partial charge on any atom is -0.394 e. The van der Waals surface area contributed by atoms with Crippen molar-refractivity contribution in [2.75, 3.05) is 13.2 Å². The van der Waals surface area contributed by atoms with Gasteiger partial charge in [0.2, 0.25) is 0 Å². The highest BCUT2D eigenvalue weighted by molar-refractivity contribution is 6.30. The molecule has 150 valence electrons. The molecule has 2 unspecified atom stereocenters. The van der Waals surface area contributed by atoms with Crippen molar-refractivity contribution < 1.29 is 29.2 Å². The average molecular weight is 407 g/mol. The predicted octanol–water partition coefficient (Wildman–Crippen LogP) is 2.90. The lowest BCUT2D eigenvalue weighted by molar-refractivity contribution is -0.373. The van der Waals surface area contributed by atoms with Gasteiger partial charge in [-0.05, 0) is 19.1 Å². The lowest BCUT2D eigenvalue weighted by Gasteiger charge is -2.47. The molecule has 7 heteroatoms. The molecule has 0 saturated carbocycles. The summed E-state index contributed by atoms with van der Waals surface area (Å²) in [5, 5.41) is 20.5. The lowest BCUT2D eigenvalue weighted by Crippen LogP contribution is -2.58. The first-order valence-corrected chi connectivity index (χ1v) is 9.62. The summed E-state index contributed by atoms with van der Waals surface area (Å²) in [5.41, 5.74) is 2.76. The predicted molar refractivity (Wildman–Crippen MR) is 102 cm³/mol. The molecule has 2 saturated heterocycles. The summed E-state index contributed by atoms with van der Waals surface area (Å²) in [5.74, 6) is 0. The molecular weight excluding hydrogens is 384 g/mol. The number of hydrogen-bond donors (Lipinski definition) is 2. The third kappa shape index (κ3) is 4.09. The zero-order chi connectivity index (χ0) is 19.7. The fourth-order valence-corrected chi connectivity index (χ4v) is 3.58. The van der Waals surface area contributed by atoms with E-state index in [2.05, 4.69) is 0 Å². The summed E-state index contributed by atoms with van der Waals surface area (Å²) in [4.78, 5) is 0. The Morgan fingerprint density at radius 2 is 1.61 bits per heavy atom. The standard InChI is InChI=1S/C21H23ClO6/c1-12-2-4-14(5-3-12)21-26-17-11-25-20(13-6-8-15(22)9-7-13)28-19(17)18(27-21)16(24)10-23/h2-9,16-21,23-24H,10-11H2,1H3/t16-,17+,18-,19-,20?,21?/m1/s1. The number of hydrogen-bond acceptors (Lipinski definition) is 6. The molecular formula is C21H23ClO6. The van der Waals surface area contributed by atoms with Gasteiger partial charge in [0.15, 0.2) is 12.6 Å². The molecule has 2 aliphatic heterocycles. The minimum atomic E-state index is -1.10. The van der Waals surface area contributed by atoms with Gasteiger partial charge < -0.3 is 29.2 Å². The van der Waals surface area contributed by atoms with Crippen LogP contribution in [0.25, 0.3) is 0 Å². The van der Waals surface area contributed by atoms with Gasteiger partial charge >= 0.3 is 0 Å². The van der Waals surface area contributed by atoms with Crippen molar-refractivity contribution in [1.82, 2.24) is 0 Å². The molecule has 0 aliphatic carbocycles. The van der Waals surface area contributed by atoms with Crippen LogP contribution in [0.5, 0.6) is 0 Å². The van der Waals surface area contributed by atoms with E-state index in [0.717, 1.165) is 16.7 Å². The van der Waals surface area contributed by atoms with Gasteiger partial charge in [-0.3, -0.25) is 0 Å². The maximum atomic E-state index is 10.4. The maximum Gasteiger partial charge on any atom is 0.184 e. The molecule has 28 heavy (non-hydrogen) atoms. The van der Waals surface area contributed by atoms with Crippen LogP contribution in [-0.4, -0.2) is 47.8 Å². The number of halogens is 1. The SMILES string of the molecule is Cc1ccc(C2O[C@H]([C@H](O)CO)[C@@H]3OC(c4ccc(Cl)cc4)OC[C@@H]3O2)cc1. The first-order valence-electron chi connectivity index (χ1n) is 9.24. The zero-order valence-electron chi connectivity index (χ0n) is 15.4. The van der Waals surface area contributed by atoms with Crippen LogP contribution < -0.4 is 0 Å². The summed E-state index contributed by atoms with van der Waals surface area (Å²) in [7, 11) is 0. The van der Waals surface area contributed by atoms with Crippen molar-refractivity contribution in [2.24, 2.45) is 0 Å². The Kier molecular flexibility index (Phi) is 5.99. The number of aliphatic hydroxyl groups is 2. The van der Waals surface area contributed by atoms with Gasteiger partial charge in [0, 0.05) is 16.1 Å². The van der Waals surface area contributed by atoms with E-state index in [-0.39, 0.29) is 6.61 Å². The Labute approximate surface area is 168 Å². The van der Waals surface area contributed by atoms with E-state index in [1.54, 1.807) is 12.1 Å². The molecule has 4 rings (SSSR count). The second kappa shape index (κ2) is 8.47. The Bertz CT molecular complexity index is 778. The lowest BCUT2D eigenvalue weighted by atomic mass is 9.99. The van der Waals surface area contributed by atoms with Crippen LogP contribution in [0.15, 0.2) is 48.5 Å². The van der Waals surface area contributed by atoms with Gasteiger partial charge in [-0.2, -0.15) is 0 Å². The Balaban J connectivity index is 1.55. The molecule has 0 bridgehead atoms. The molecule has 0 aromatic heterocycles. The van der Waals surface area contributed by atoms with Crippen LogP contribution in [0.4, 0.5) is 0 Å². The number of benzene rings is 2. The number of aryl methyl sites for hydroxylation is 1. The third-order valence-corrected chi connectivity index (χ3v) is 5.27. The smallest absolute Gasteiger partial charge is 0.184 e. The average Bonchev–Trinajstić information content (AvgIpc) is 2.73. The third-order valence-electron chi connectivity index (χ3n) is 5.02. The van der Waals surface area contributed by atoms with E-state index in [0.29, 0.717) is 5.02 Å². The van der Waals surface area contributed by atoms with Crippen LogP contribution in [0, 0.1) is 6.92 Å². The van der Waals surface area contributed by atoms with Crippen LogP contribution in [0.3, 0.4) is 0 Å². The van der Waals surface area contributed by atoms with Gasteiger partial charge in [-0.25, -0.2) is 0 Å². The minimum absolute atomic E-state index is 0.276.